The number of nitrogens with zero attached hydrogens (tertiary/aromatic N) is 2. The van der Waals surface area contributed by atoms with Crippen molar-refractivity contribution in [3.8, 4) is 0 Å². The summed E-state index contributed by atoms with van der Waals surface area (Å²) in [6.45, 7) is 13.3. The molecule has 2 unspecified atom stereocenters. The second kappa shape index (κ2) is 5.96. The first kappa shape index (κ1) is 12.3. The van der Waals surface area contributed by atoms with E-state index in [-0.39, 0.29) is 0 Å². The highest BCUT2D eigenvalue weighted by Gasteiger charge is 2.24. The van der Waals surface area contributed by atoms with E-state index in [1.165, 1.54) is 13.1 Å². The summed E-state index contributed by atoms with van der Waals surface area (Å²) < 4.78 is 5.37. The quantitative estimate of drug-likeness (QED) is 0.734. The molecular weight excluding hydrogens is 202 g/mol. The number of hydrogen-bond donors (Lipinski definition) is 1. The fraction of sp³-hybridized carbons (Fsp3) is 1.00. The second-order valence-corrected chi connectivity index (χ2v) is 5.05. The van der Waals surface area contributed by atoms with Crippen molar-refractivity contribution in [2.75, 3.05) is 52.5 Å². The van der Waals surface area contributed by atoms with E-state index in [0.717, 1.165) is 39.4 Å². The Bertz CT molecular complexity index is 196. The van der Waals surface area contributed by atoms with Gasteiger partial charge in [-0.2, -0.15) is 0 Å². The minimum Gasteiger partial charge on any atom is -0.379 e. The van der Waals surface area contributed by atoms with Crippen molar-refractivity contribution >= 4 is 0 Å². The lowest BCUT2D eigenvalue weighted by atomic mass is 10.1. The molecule has 2 saturated heterocycles. The van der Waals surface area contributed by atoms with Gasteiger partial charge in [0, 0.05) is 51.4 Å². The summed E-state index contributed by atoms with van der Waals surface area (Å²) in [6, 6.07) is 1.34. The Hall–Kier alpha value is -0.160. The van der Waals surface area contributed by atoms with E-state index < -0.39 is 0 Å². The molecule has 2 atom stereocenters. The first-order chi connectivity index (χ1) is 7.77. The van der Waals surface area contributed by atoms with E-state index >= 15 is 0 Å². The van der Waals surface area contributed by atoms with E-state index in [1.807, 2.05) is 0 Å². The molecule has 2 fully saturated rings. The Balaban J connectivity index is 1.74. The maximum atomic E-state index is 5.37. The molecular formula is C12H25N3O. The number of rotatable bonds is 3. The molecule has 0 amide bonds. The zero-order chi connectivity index (χ0) is 11.4. The third-order valence-corrected chi connectivity index (χ3v) is 3.79. The van der Waals surface area contributed by atoms with Crippen LogP contribution in [0.4, 0.5) is 0 Å². The molecule has 0 aromatic rings. The molecule has 2 heterocycles. The van der Waals surface area contributed by atoms with Crippen molar-refractivity contribution in [1.29, 1.82) is 0 Å². The van der Waals surface area contributed by atoms with E-state index in [4.69, 9.17) is 4.74 Å². The number of morpholine rings is 1. The van der Waals surface area contributed by atoms with E-state index in [9.17, 15) is 0 Å². The van der Waals surface area contributed by atoms with Gasteiger partial charge in [0.2, 0.25) is 0 Å². The molecule has 4 nitrogen and oxygen atoms in total. The highest BCUT2D eigenvalue weighted by Crippen LogP contribution is 2.09. The Morgan fingerprint density at radius 1 is 1.06 bits per heavy atom. The van der Waals surface area contributed by atoms with Gasteiger partial charge in [-0.15, -0.1) is 0 Å². The molecule has 0 saturated carbocycles. The molecule has 0 bridgehead atoms. The summed E-state index contributed by atoms with van der Waals surface area (Å²) in [5.41, 5.74) is 0. The van der Waals surface area contributed by atoms with Crippen LogP contribution in [0.2, 0.25) is 0 Å². The maximum absolute atomic E-state index is 5.37. The van der Waals surface area contributed by atoms with Gasteiger partial charge in [-0.1, -0.05) is 0 Å². The van der Waals surface area contributed by atoms with Crippen LogP contribution in [0, 0.1) is 0 Å². The Morgan fingerprint density at radius 2 is 1.69 bits per heavy atom. The lowest BCUT2D eigenvalue weighted by molar-refractivity contribution is 0.0249. The van der Waals surface area contributed by atoms with Crippen molar-refractivity contribution in [2.45, 2.75) is 25.9 Å². The van der Waals surface area contributed by atoms with Crippen molar-refractivity contribution in [3.05, 3.63) is 0 Å². The summed E-state index contributed by atoms with van der Waals surface area (Å²) in [5, 5.41) is 3.48. The lowest BCUT2D eigenvalue weighted by Gasteiger charge is -2.40. The van der Waals surface area contributed by atoms with Crippen LogP contribution < -0.4 is 5.32 Å². The Morgan fingerprint density at radius 3 is 2.31 bits per heavy atom. The van der Waals surface area contributed by atoms with Crippen LogP contribution in [0.15, 0.2) is 0 Å². The fourth-order valence-electron chi connectivity index (χ4n) is 2.69. The zero-order valence-electron chi connectivity index (χ0n) is 10.6. The minimum atomic E-state index is 0.671. The average Bonchev–Trinajstić information content (AvgIpc) is 2.30. The molecule has 1 N–H and O–H groups in total. The van der Waals surface area contributed by atoms with Crippen LogP contribution in [-0.2, 0) is 4.74 Å². The lowest BCUT2D eigenvalue weighted by Crippen LogP contribution is -2.56. The highest BCUT2D eigenvalue weighted by atomic mass is 16.5. The van der Waals surface area contributed by atoms with Gasteiger partial charge in [0.1, 0.15) is 0 Å². The van der Waals surface area contributed by atoms with Gasteiger partial charge in [0.25, 0.3) is 0 Å². The monoisotopic (exact) mass is 227 g/mol. The number of piperazine rings is 1. The Labute approximate surface area is 98.9 Å². The van der Waals surface area contributed by atoms with Crippen LogP contribution >= 0.6 is 0 Å². The third-order valence-electron chi connectivity index (χ3n) is 3.79. The Kier molecular flexibility index (Phi) is 4.58. The molecule has 2 aliphatic heterocycles. The van der Waals surface area contributed by atoms with Crippen LogP contribution in [0.1, 0.15) is 13.8 Å². The van der Waals surface area contributed by atoms with Crippen molar-refractivity contribution in [3.63, 3.8) is 0 Å². The summed E-state index contributed by atoms with van der Waals surface area (Å²) in [7, 11) is 0. The minimum absolute atomic E-state index is 0.671. The van der Waals surface area contributed by atoms with Crippen LogP contribution in [-0.4, -0.2) is 74.4 Å². The van der Waals surface area contributed by atoms with Gasteiger partial charge >= 0.3 is 0 Å². The van der Waals surface area contributed by atoms with Gasteiger partial charge in [0.15, 0.2) is 0 Å². The fourth-order valence-corrected chi connectivity index (χ4v) is 2.69. The summed E-state index contributed by atoms with van der Waals surface area (Å²) >= 11 is 0. The SMILES string of the molecule is CC1CNCC(C)N1CCN1CCOCC1. The van der Waals surface area contributed by atoms with Gasteiger partial charge in [-0.25, -0.2) is 0 Å². The molecule has 94 valence electrons. The van der Waals surface area contributed by atoms with Crippen molar-refractivity contribution in [1.82, 2.24) is 15.1 Å². The standard InChI is InChI=1S/C12H25N3O/c1-11-9-13-10-12(2)15(11)4-3-14-5-7-16-8-6-14/h11-13H,3-10H2,1-2H3. The molecule has 0 aromatic carbocycles. The zero-order valence-corrected chi connectivity index (χ0v) is 10.6. The van der Waals surface area contributed by atoms with Gasteiger partial charge in [-0.3, -0.25) is 9.80 Å². The number of ether oxygens (including phenoxy) is 1. The third kappa shape index (κ3) is 3.17. The molecule has 16 heavy (non-hydrogen) atoms. The maximum Gasteiger partial charge on any atom is 0.0594 e. The molecule has 0 spiro atoms. The molecule has 0 aromatic heterocycles. The van der Waals surface area contributed by atoms with Gasteiger partial charge < -0.3 is 10.1 Å². The first-order valence-corrected chi connectivity index (χ1v) is 6.54. The van der Waals surface area contributed by atoms with E-state index in [0.29, 0.717) is 12.1 Å². The van der Waals surface area contributed by atoms with Crippen molar-refractivity contribution < 1.29 is 4.74 Å². The number of hydrogen-bond acceptors (Lipinski definition) is 4. The topological polar surface area (TPSA) is 27.7 Å². The van der Waals surface area contributed by atoms with E-state index in [2.05, 4.69) is 29.0 Å². The summed E-state index contributed by atoms with van der Waals surface area (Å²) in [5.74, 6) is 0. The normalized spacial score (nSPS) is 34.1. The highest BCUT2D eigenvalue weighted by molar-refractivity contribution is 4.83. The van der Waals surface area contributed by atoms with Crippen LogP contribution in [0.25, 0.3) is 0 Å². The first-order valence-electron chi connectivity index (χ1n) is 6.54. The second-order valence-electron chi connectivity index (χ2n) is 5.05. The molecule has 0 radical (unpaired) electrons. The van der Waals surface area contributed by atoms with Gasteiger partial charge in [0.05, 0.1) is 13.2 Å². The molecule has 2 aliphatic rings. The predicted molar refractivity (Wildman–Crippen MR) is 65.8 cm³/mol. The molecule has 2 rings (SSSR count). The van der Waals surface area contributed by atoms with Crippen LogP contribution in [0.5, 0.6) is 0 Å². The van der Waals surface area contributed by atoms with Crippen LogP contribution in [0.3, 0.4) is 0 Å². The molecule has 0 aliphatic carbocycles. The molecule has 4 heteroatoms. The largest absolute Gasteiger partial charge is 0.379 e. The number of nitrogens with one attached hydrogen (secondary N) is 1. The summed E-state index contributed by atoms with van der Waals surface area (Å²) in [6.07, 6.45) is 0. The smallest absolute Gasteiger partial charge is 0.0594 e. The van der Waals surface area contributed by atoms with E-state index in [1.54, 1.807) is 0 Å². The average molecular weight is 227 g/mol. The summed E-state index contributed by atoms with van der Waals surface area (Å²) in [4.78, 5) is 5.15. The van der Waals surface area contributed by atoms with Crippen molar-refractivity contribution in [2.24, 2.45) is 0 Å². The predicted octanol–water partition coefficient (Wildman–Crippen LogP) is 0.000800. The van der Waals surface area contributed by atoms with Gasteiger partial charge in [-0.05, 0) is 13.8 Å².